The van der Waals surface area contributed by atoms with Crippen molar-refractivity contribution in [3.05, 3.63) is 48.0 Å². The lowest BCUT2D eigenvalue weighted by molar-refractivity contribution is -0.127. The number of fused-ring (bicyclic) bond motifs is 3. The number of hydrogen-bond acceptors (Lipinski definition) is 3. The van der Waals surface area contributed by atoms with Crippen LogP contribution in [0.1, 0.15) is 38.3 Å². The van der Waals surface area contributed by atoms with Gasteiger partial charge in [0.05, 0.1) is 12.1 Å². The number of carbonyl (C=O) groups excluding carboxylic acids is 1. The van der Waals surface area contributed by atoms with E-state index in [1.165, 1.54) is 23.6 Å². The largest absolute Gasteiger partial charge is 0.348 e. The Hall–Kier alpha value is -1.91. The molecule has 2 saturated heterocycles. The van der Waals surface area contributed by atoms with Gasteiger partial charge in [-0.05, 0) is 49.1 Å². The van der Waals surface area contributed by atoms with Gasteiger partial charge in [-0.15, -0.1) is 0 Å². The fourth-order valence-electron chi connectivity index (χ4n) is 4.21. The van der Waals surface area contributed by atoms with E-state index in [1.807, 2.05) is 6.92 Å². The molecule has 0 saturated carbocycles. The van der Waals surface area contributed by atoms with Crippen molar-refractivity contribution in [2.24, 2.45) is 0 Å². The standard InChI is InChI=1S/C21H27N3O/c1-14(17-8-7-16-5-3-4-6-18(16)11-17)22-21(25)15(2)24-12-19-9-10-20(13-24)23-19/h3-8,11,14-15,19-20,23H,9-10,12-13H2,1-2H3,(H,22,25). The maximum Gasteiger partial charge on any atom is 0.237 e. The number of nitrogens with one attached hydrogen (secondary N) is 2. The molecular formula is C21H27N3O. The van der Waals surface area contributed by atoms with Crippen LogP contribution in [0.15, 0.2) is 42.5 Å². The van der Waals surface area contributed by atoms with E-state index in [9.17, 15) is 4.79 Å². The zero-order valence-electron chi connectivity index (χ0n) is 15.0. The van der Waals surface area contributed by atoms with E-state index in [2.05, 4.69) is 64.9 Å². The highest BCUT2D eigenvalue weighted by atomic mass is 16.2. The first-order chi connectivity index (χ1) is 12.1. The summed E-state index contributed by atoms with van der Waals surface area (Å²) in [6.45, 7) is 6.06. The fraction of sp³-hybridized carbons (Fsp3) is 0.476. The molecule has 2 aromatic carbocycles. The monoisotopic (exact) mass is 337 g/mol. The highest BCUT2D eigenvalue weighted by Crippen LogP contribution is 2.23. The quantitative estimate of drug-likeness (QED) is 0.902. The topological polar surface area (TPSA) is 44.4 Å². The first kappa shape index (κ1) is 16.6. The lowest BCUT2D eigenvalue weighted by atomic mass is 10.0. The summed E-state index contributed by atoms with van der Waals surface area (Å²) >= 11 is 0. The van der Waals surface area contributed by atoms with E-state index in [-0.39, 0.29) is 18.0 Å². The highest BCUT2D eigenvalue weighted by Gasteiger charge is 2.35. The normalized spacial score (nSPS) is 25.7. The molecule has 0 spiro atoms. The Morgan fingerprint density at radius 2 is 1.76 bits per heavy atom. The molecule has 2 N–H and O–H groups in total. The Morgan fingerprint density at radius 3 is 2.48 bits per heavy atom. The van der Waals surface area contributed by atoms with Gasteiger partial charge in [0.1, 0.15) is 0 Å². The van der Waals surface area contributed by atoms with Gasteiger partial charge < -0.3 is 10.6 Å². The Bertz CT molecular complexity index is 763. The third-order valence-corrected chi connectivity index (χ3v) is 5.80. The van der Waals surface area contributed by atoms with E-state index >= 15 is 0 Å². The summed E-state index contributed by atoms with van der Waals surface area (Å²) < 4.78 is 0. The maximum absolute atomic E-state index is 12.8. The molecule has 4 heteroatoms. The van der Waals surface area contributed by atoms with Crippen molar-refractivity contribution in [2.75, 3.05) is 13.1 Å². The molecule has 132 valence electrons. The molecule has 0 radical (unpaired) electrons. The summed E-state index contributed by atoms with van der Waals surface area (Å²) in [4.78, 5) is 15.1. The first-order valence-corrected chi connectivity index (χ1v) is 9.39. The summed E-state index contributed by atoms with van der Waals surface area (Å²) in [6, 6.07) is 15.8. The fourth-order valence-corrected chi connectivity index (χ4v) is 4.21. The number of likely N-dealkylation sites (tertiary alicyclic amines) is 1. The molecule has 2 heterocycles. The van der Waals surface area contributed by atoms with Crippen LogP contribution in [0.3, 0.4) is 0 Å². The van der Waals surface area contributed by atoms with Gasteiger partial charge in [0.15, 0.2) is 0 Å². The van der Waals surface area contributed by atoms with Crippen LogP contribution >= 0.6 is 0 Å². The van der Waals surface area contributed by atoms with Crippen molar-refractivity contribution >= 4 is 16.7 Å². The van der Waals surface area contributed by atoms with Crippen molar-refractivity contribution in [1.29, 1.82) is 0 Å². The Morgan fingerprint density at radius 1 is 1.08 bits per heavy atom. The molecular weight excluding hydrogens is 310 g/mol. The molecule has 2 fully saturated rings. The molecule has 2 aliphatic heterocycles. The van der Waals surface area contributed by atoms with E-state index in [4.69, 9.17) is 0 Å². The van der Waals surface area contributed by atoms with Crippen molar-refractivity contribution < 1.29 is 4.79 Å². The summed E-state index contributed by atoms with van der Waals surface area (Å²) in [6.07, 6.45) is 2.48. The van der Waals surface area contributed by atoms with Crippen molar-refractivity contribution in [1.82, 2.24) is 15.5 Å². The highest BCUT2D eigenvalue weighted by molar-refractivity contribution is 5.84. The average Bonchev–Trinajstić information content (AvgIpc) is 2.98. The molecule has 4 unspecified atom stereocenters. The number of nitrogens with zero attached hydrogens (tertiary/aromatic N) is 1. The second kappa shape index (κ2) is 6.77. The summed E-state index contributed by atoms with van der Waals surface area (Å²) in [5.41, 5.74) is 1.15. The van der Waals surface area contributed by atoms with Gasteiger partial charge >= 0.3 is 0 Å². The van der Waals surface area contributed by atoms with Gasteiger partial charge in [0, 0.05) is 25.2 Å². The van der Waals surface area contributed by atoms with E-state index in [0.29, 0.717) is 12.1 Å². The average molecular weight is 337 g/mol. The van der Waals surface area contributed by atoms with E-state index in [0.717, 1.165) is 18.7 Å². The van der Waals surface area contributed by atoms with Gasteiger partial charge in [-0.2, -0.15) is 0 Å². The van der Waals surface area contributed by atoms with Crippen LogP contribution in [0.4, 0.5) is 0 Å². The number of carbonyl (C=O) groups is 1. The van der Waals surface area contributed by atoms with Crippen molar-refractivity contribution in [3.63, 3.8) is 0 Å². The van der Waals surface area contributed by atoms with Crippen LogP contribution in [-0.2, 0) is 4.79 Å². The second-order valence-corrected chi connectivity index (χ2v) is 7.60. The molecule has 2 aromatic rings. The molecule has 1 amide bonds. The van der Waals surface area contributed by atoms with Gasteiger partial charge in [0.2, 0.25) is 5.91 Å². The molecule has 4 atom stereocenters. The number of piperazine rings is 1. The minimum Gasteiger partial charge on any atom is -0.348 e. The Labute approximate surface area is 149 Å². The summed E-state index contributed by atoms with van der Waals surface area (Å²) in [5, 5.41) is 9.28. The molecule has 4 nitrogen and oxygen atoms in total. The van der Waals surface area contributed by atoms with Crippen LogP contribution in [-0.4, -0.2) is 42.0 Å². The minimum absolute atomic E-state index is 0.0131. The number of hydrogen-bond donors (Lipinski definition) is 2. The van der Waals surface area contributed by atoms with Crippen LogP contribution < -0.4 is 10.6 Å². The molecule has 0 aliphatic carbocycles. The van der Waals surface area contributed by atoms with E-state index < -0.39 is 0 Å². The summed E-state index contributed by atoms with van der Waals surface area (Å²) in [5.74, 6) is 0.127. The zero-order valence-corrected chi connectivity index (χ0v) is 15.0. The predicted octanol–water partition coefficient (Wildman–Crippen LogP) is 2.84. The molecule has 0 aromatic heterocycles. The van der Waals surface area contributed by atoms with Gasteiger partial charge in [-0.25, -0.2) is 0 Å². The predicted molar refractivity (Wildman–Crippen MR) is 101 cm³/mol. The first-order valence-electron chi connectivity index (χ1n) is 9.39. The van der Waals surface area contributed by atoms with Gasteiger partial charge in [-0.3, -0.25) is 9.69 Å². The number of benzene rings is 2. The van der Waals surface area contributed by atoms with Crippen LogP contribution in [0, 0.1) is 0 Å². The Balaban J connectivity index is 1.42. The zero-order chi connectivity index (χ0) is 17.4. The molecule has 4 rings (SSSR count). The van der Waals surface area contributed by atoms with Gasteiger partial charge in [0.25, 0.3) is 0 Å². The van der Waals surface area contributed by atoms with Crippen LogP contribution in [0.5, 0.6) is 0 Å². The Kier molecular flexibility index (Phi) is 4.48. The minimum atomic E-state index is -0.0758. The third kappa shape index (κ3) is 3.42. The van der Waals surface area contributed by atoms with Crippen molar-refractivity contribution in [3.8, 4) is 0 Å². The van der Waals surface area contributed by atoms with Crippen molar-refractivity contribution in [2.45, 2.75) is 50.9 Å². The maximum atomic E-state index is 12.8. The lowest BCUT2D eigenvalue weighted by Gasteiger charge is -2.36. The molecule has 25 heavy (non-hydrogen) atoms. The number of rotatable bonds is 4. The van der Waals surface area contributed by atoms with Gasteiger partial charge in [-0.1, -0.05) is 36.4 Å². The van der Waals surface area contributed by atoms with Crippen LogP contribution in [0.25, 0.3) is 10.8 Å². The lowest BCUT2D eigenvalue weighted by Crippen LogP contribution is -2.57. The second-order valence-electron chi connectivity index (χ2n) is 7.60. The SMILES string of the molecule is CC(NC(=O)C(C)N1CC2CCC(C1)N2)c1ccc2ccccc2c1. The smallest absolute Gasteiger partial charge is 0.237 e. The number of amides is 1. The summed E-state index contributed by atoms with van der Waals surface area (Å²) in [7, 11) is 0. The third-order valence-electron chi connectivity index (χ3n) is 5.80. The van der Waals surface area contributed by atoms with E-state index in [1.54, 1.807) is 0 Å². The van der Waals surface area contributed by atoms with Crippen LogP contribution in [0.2, 0.25) is 0 Å². The molecule has 2 aliphatic rings. The molecule has 2 bridgehead atoms.